The summed E-state index contributed by atoms with van der Waals surface area (Å²) >= 11 is 0. The highest BCUT2D eigenvalue weighted by Crippen LogP contribution is 2.39. The van der Waals surface area contributed by atoms with E-state index in [1.54, 1.807) is 6.20 Å². The van der Waals surface area contributed by atoms with Crippen LogP contribution in [0, 0.1) is 5.92 Å². The van der Waals surface area contributed by atoms with Crippen molar-refractivity contribution < 1.29 is 4.79 Å². The minimum Gasteiger partial charge on any atom is -0.341 e. The van der Waals surface area contributed by atoms with E-state index >= 15 is 0 Å². The fourth-order valence-electron chi connectivity index (χ4n) is 3.31. The van der Waals surface area contributed by atoms with E-state index in [9.17, 15) is 4.79 Å². The van der Waals surface area contributed by atoms with E-state index in [0.29, 0.717) is 11.7 Å². The molecule has 7 heteroatoms. The first-order valence-electron chi connectivity index (χ1n) is 8.58. The van der Waals surface area contributed by atoms with Crippen LogP contribution in [0.2, 0.25) is 0 Å². The average molecular weight is 326 g/mol. The molecule has 2 aromatic heterocycles. The lowest BCUT2D eigenvalue weighted by molar-refractivity contribution is -0.120. The van der Waals surface area contributed by atoms with Gasteiger partial charge in [0.25, 0.3) is 0 Å². The number of aromatic nitrogens is 4. The molecule has 3 heterocycles. The van der Waals surface area contributed by atoms with Crippen LogP contribution in [0.15, 0.2) is 24.4 Å². The molecule has 0 radical (unpaired) electrons. The zero-order valence-electron chi connectivity index (χ0n) is 13.9. The van der Waals surface area contributed by atoms with Crippen LogP contribution in [0.3, 0.4) is 0 Å². The normalized spacial score (nSPS) is 18.6. The van der Waals surface area contributed by atoms with Crippen LogP contribution in [0.4, 0.5) is 11.8 Å². The zero-order valence-corrected chi connectivity index (χ0v) is 13.9. The molecule has 2 aromatic rings. The Kier molecular flexibility index (Phi) is 3.92. The van der Waals surface area contributed by atoms with Crippen molar-refractivity contribution in [2.45, 2.75) is 31.6 Å². The summed E-state index contributed by atoms with van der Waals surface area (Å²) in [6.07, 6.45) is 5.78. The highest BCUT2D eigenvalue weighted by atomic mass is 16.1. The van der Waals surface area contributed by atoms with E-state index in [0.717, 1.165) is 37.7 Å². The molecule has 0 spiro atoms. The minimum absolute atomic E-state index is 0.0272. The molecule has 1 aliphatic carbocycles. The Balaban J connectivity index is 1.35. The SMILES string of the molecule is Cn1c(C2CC2)nnc1N1CCC(C(=O)Nc2ccccn2)CC1. The molecule has 2 aliphatic rings. The first-order valence-corrected chi connectivity index (χ1v) is 8.58. The number of carbonyl (C=O) groups is 1. The van der Waals surface area contributed by atoms with Gasteiger partial charge in [-0.25, -0.2) is 4.98 Å². The summed E-state index contributed by atoms with van der Waals surface area (Å²) in [5.74, 6) is 3.33. The molecule has 2 fully saturated rings. The number of hydrogen-bond donors (Lipinski definition) is 1. The van der Waals surface area contributed by atoms with Gasteiger partial charge in [-0.05, 0) is 37.8 Å². The van der Waals surface area contributed by atoms with Crippen LogP contribution in [-0.2, 0) is 11.8 Å². The largest absolute Gasteiger partial charge is 0.341 e. The minimum atomic E-state index is 0.0272. The van der Waals surface area contributed by atoms with Crippen LogP contribution in [0.1, 0.15) is 37.4 Å². The van der Waals surface area contributed by atoms with Crippen LogP contribution >= 0.6 is 0 Å². The van der Waals surface area contributed by atoms with Gasteiger partial charge in [-0.15, -0.1) is 10.2 Å². The first-order chi connectivity index (χ1) is 11.7. The van der Waals surface area contributed by atoms with Gasteiger partial charge in [0, 0.05) is 38.2 Å². The Bertz CT molecular complexity index is 716. The third kappa shape index (κ3) is 2.98. The second-order valence-electron chi connectivity index (χ2n) is 6.66. The number of nitrogens with zero attached hydrogens (tertiary/aromatic N) is 5. The Hall–Kier alpha value is -2.44. The summed E-state index contributed by atoms with van der Waals surface area (Å²) in [5.41, 5.74) is 0. The Morgan fingerprint density at radius 2 is 1.96 bits per heavy atom. The standard InChI is InChI=1S/C17H22N6O/c1-22-15(12-5-6-12)20-21-17(22)23-10-7-13(8-11-23)16(24)19-14-4-2-3-9-18-14/h2-4,9,12-13H,5-8,10-11H2,1H3,(H,18,19,24). The predicted molar refractivity (Wildman–Crippen MR) is 90.8 cm³/mol. The van der Waals surface area contributed by atoms with E-state index < -0.39 is 0 Å². The summed E-state index contributed by atoms with van der Waals surface area (Å²) < 4.78 is 2.12. The molecular formula is C17H22N6O. The Labute approximate surface area is 141 Å². The van der Waals surface area contributed by atoms with Crippen LogP contribution in [0.5, 0.6) is 0 Å². The first kappa shape index (κ1) is 15.1. The van der Waals surface area contributed by atoms with E-state index in [4.69, 9.17) is 0 Å². The lowest BCUT2D eigenvalue weighted by Crippen LogP contribution is -2.39. The maximum Gasteiger partial charge on any atom is 0.228 e. The number of carbonyl (C=O) groups excluding carboxylic acids is 1. The average Bonchev–Trinajstić information content (AvgIpc) is 3.38. The van der Waals surface area contributed by atoms with Crippen LogP contribution in [0.25, 0.3) is 0 Å². The maximum atomic E-state index is 12.4. The van der Waals surface area contributed by atoms with Crippen molar-refractivity contribution >= 4 is 17.7 Å². The number of hydrogen-bond acceptors (Lipinski definition) is 5. The van der Waals surface area contributed by atoms with E-state index in [-0.39, 0.29) is 11.8 Å². The van der Waals surface area contributed by atoms with Crippen molar-refractivity contribution in [3.05, 3.63) is 30.2 Å². The number of pyridine rings is 1. The second kappa shape index (κ2) is 6.22. The topological polar surface area (TPSA) is 75.9 Å². The lowest BCUT2D eigenvalue weighted by Gasteiger charge is -2.31. The number of piperidine rings is 1. The second-order valence-corrected chi connectivity index (χ2v) is 6.66. The highest BCUT2D eigenvalue weighted by molar-refractivity contribution is 5.91. The smallest absolute Gasteiger partial charge is 0.228 e. The lowest BCUT2D eigenvalue weighted by atomic mass is 9.96. The van der Waals surface area contributed by atoms with Crippen molar-refractivity contribution in [2.24, 2.45) is 13.0 Å². The summed E-state index contributed by atoms with van der Waals surface area (Å²) in [6, 6.07) is 5.52. The highest BCUT2D eigenvalue weighted by Gasteiger charge is 2.32. The fourth-order valence-corrected chi connectivity index (χ4v) is 3.31. The molecule has 0 unspecified atom stereocenters. The van der Waals surface area contributed by atoms with E-state index in [2.05, 4.69) is 30.0 Å². The number of anilines is 2. The third-order valence-corrected chi connectivity index (χ3v) is 4.89. The molecule has 7 nitrogen and oxygen atoms in total. The summed E-state index contributed by atoms with van der Waals surface area (Å²) in [6.45, 7) is 1.66. The van der Waals surface area contributed by atoms with Gasteiger partial charge in [0.2, 0.25) is 11.9 Å². The van der Waals surface area contributed by atoms with E-state index in [1.165, 1.54) is 12.8 Å². The maximum absolute atomic E-state index is 12.4. The van der Waals surface area contributed by atoms with E-state index in [1.807, 2.05) is 25.2 Å². The third-order valence-electron chi connectivity index (χ3n) is 4.89. The van der Waals surface area contributed by atoms with Gasteiger partial charge >= 0.3 is 0 Å². The molecule has 4 rings (SSSR count). The van der Waals surface area contributed by atoms with Gasteiger partial charge in [0.1, 0.15) is 11.6 Å². The summed E-state index contributed by atoms with van der Waals surface area (Å²) in [7, 11) is 2.04. The van der Waals surface area contributed by atoms with Crippen molar-refractivity contribution in [1.29, 1.82) is 0 Å². The molecule has 1 N–H and O–H groups in total. The Morgan fingerprint density at radius 1 is 1.17 bits per heavy atom. The molecule has 1 saturated heterocycles. The Morgan fingerprint density at radius 3 is 2.62 bits per heavy atom. The monoisotopic (exact) mass is 326 g/mol. The summed E-state index contributed by atoms with van der Waals surface area (Å²) in [4.78, 5) is 18.8. The molecule has 0 atom stereocenters. The molecule has 0 bridgehead atoms. The quantitative estimate of drug-likeness (QED) is 0.929. The van der Waals surface area contributed by atoms with Crippen molar-refractivity contribution in [2.75, 3.05) is 23.3 Å². The summed E-state index contributed by atoms with van der Waals surface area (Å²) in [5, 5.41) is 11.6. The molecular weight excluding hydrogens is 304 g/mol. The van der Waals surface area contributed by atoms with Crippen molar-refractivity contribution in [1.82, 2.24) is 19.7 Å². The van der Waals surface area contributed by atoms with Gasteiger partial charge in [-0.2, -0.15) is 0 Å². The van der Waals surface area contributed by atoms with Crippen molar-refractivity contribution in [3.63, 3.8) is 0 Å². The van der Waals surface area contributed by atoms with Crippen LogP contribution in [-0.4, -0.2) is 38.7 Å². The number of amides is 1. The van der Waals surface area contributed by atoms with Gasteiger partial charge < -0.3 is 14.8 Å². The molecule has 0 aromatic carbocycles. The number of nitrogens with one attached hydrogen (secondary N) is 1. The molecule has 126 valence electrons. The number of rotatable bonds is 4. The molecule has 1 aliphatic heterocycles. The predicted octanol–water partition coefficient (Wildman–Crippen LogP) is 1.94. The van der Waals surface area contributed by atoms with Gasteiger partial charge in [-0.3, -0.25) is 4.79 Å². The van der Waals surface area contributed by atoms with Crippen LogP contribution < -0.4 is 10.2 Å². The fraction of sp³-hybridized carbons (Fsp3) is 0.529. The molecule has 1 amide bonds. The van der Waals surface area contributed by atoms with Crippen molar-refractivity contribution in [3.8, 4) is 0 Å². The molecule has 24 heavy (non-hydrogen) atoms. The van der Waals surface area contributed by atoms with Gasteiger partial charge in [-0.1, -0.05) is 6.07 Å². The zero-order chi connectivity index (χ0) is 16.5. The van der Waals surface area contributed by atoms with Gasteiger partial charge in [0.15, 0.2) is 0 Å². The molecule has 1 saturated carbocycles. The van der Waals surface area contributed by atoms with Gasteiger partial charge in [0.05, 0.1) is 0 Å².